The maximum Gasteiger partial charge on any atom is 0.410 e. The molecule has 3 heterocycles. The first-order chi connectivity index (χ1) is 16.9. The van der Waals surface area contributed by atoms with Crippen molar-refractivity contribution in [2.45, 2.75) is 51.2 Å². The van der Waals surface area contributed by atoms with Crippen molar-refractivity contribution >= 4 is 46.5 Å². The molecule has 1 aromatic carbocycles. The summed E-state index contributed by atoms with van der Waals surface area (Å²) in [5.74, 6) is -0.770. The average molecular weight is 533 g/mol. The summed E-state index contributed by atoms with van der Waals surface area (Å²) in [6.45, 7) is 7.62. The van der Waals surface area contributed by atoms with Crippen LogP contribution in [-0.2, 0) is 22.4 Å². The molecule has 0 bridgehead atoms. The third-order valence-electron chi connectivity index (χ3n) is 6.50. The molecule has 8 nitrogen and oxygen atoms in total. The Bertz CT molecular complexity index is 1160. The normalized spacial score (nSPS) is 20.4. The molecule has 0 radical (unpaired) electrons. The monoisotopic (exact) mass is 532 g/mol. The molecule has 0 aliphatic carbocycles. The van der Waals surface area contributed by atoms with E-state index in [-0.39, 0.29) is 25.4 Å². The summed E-state index contributed by atoms with van der Waals surface area (Å²) in [4.78, 5) is 43.7. The lowest BCUT2D eigenvalue weighted by atomic mass is 9.96. The molecule has 2 aliphatic rings. The highest BCUT2D eigenvalue weighted by Crippen LogP contribution is 2.29. The van der Waals surface area contributed by atoms with E-state index in [1.54, 1.807) is 32.9 Å². The summed E-state index contributed by atoms with van der Waals surface area (Å²) < 4.78 is 5.99. The molecular weight excluding hydrogens is 500 g/mol. The Morgan fingerprint density at radius 3 is 2.44 bits per heavy atom. The third kappa shape index (κ3) is 6.19. The lowest BCUT2D eigenvalue weighted by molar-refractivity contribution is -0.121. The summed E-state index contributed by atoms with van der Waals surface area (Å²) in [6, 6.07) is 9.24. The average Bonchev–Trinajstić information content (AvgIpc) is 3.38. The van der Waals surface area contributed by atoms with E-state index in [0.717, 1.165) is 37.3 Å². The molecule has 2 aliphatic heterocycles. The van der Waals surface area contributed by atoms with Crippen molar-refractivity contribution in [1.29, 1.82) is 0 Å². The number of anilines is 1. The fraction of sp³-hybridized carbons (Fsp3) is 0.500. The van der Waals surface area contributed by atoms with Crippen LogP contribution >= 0.6 is 22.9 Å². The molecule has 1 unspecified atom stereocenters. The van der Waals surface area contributed by atoms with E-state index in [4.69, 9.17) is 16.3 Å². The predicted octanol–water partition coefficient (Wildman–Crippen LogP) is 4.18. The van der Waals surface area contributed by atoms with Crippen molar-refractivity contribution in [1.82, 2.24) is 15.1 Å². The SMILES string of the molecule is CN1CCc2ccc(NC(=O)C3(NC(=O)c4ccc(Cl)s4)CCN(C(=O)OC(C)(C)C)C3)cc2CC1. The van der Waals surface area contributed by atoms with E-state index in [9.17, 15) is 14.4 Å². The summed E-state index contributed by atoms with van der Waals surface area (Å²) in [5, 5.41) is 5.92. The topological polar surface area (TPSA) is 91.0 Å². The molecule has 0 spiro atoms. The van der Waals surface area contributed by atoms with Crippen molar-refractivity contribution in [2.24, 2.45) is 0 Å². The number of halogens is 1. The Morgan fingerprint density at radius 1 is 1.06 bits per heavy atom. The van der Waals surface area contributed by atoms with Crippen LogP contribution in [0.15, 0.2) is 30.3 Å². The summed E-state index contributed by atoms with van der Waals surface area (Å²) >= 11 is 7.16. The minimum atomic E-state index is -1.31. The van der Waals surface area contributed by atoms with Gasteiger partial charge in [-0.1, -0.05) is 17.7 Å². The number of hydrogen-bond acceptors (Lipinski definition) is 6. The molecule has 194 valence electrons. The summed E-state index contributed by atoms with van der Waals surface area (Å²) in [6.07, 6.45) is 1.62. The largest absolute Gasteiger partial charge is 0.444 e. The van der Waals surface area contributed by atoms with E-state index >= 15 is 0 Å². The van der Waals surface area contributed by atoms with Gasteiger partial charge < -0.3 is 25.2 Å². The number of fused-ring (bicyclic) bond motifs is 1. The highest BCUT2D eigenvalue weighted by atomic mass is 35.5. The van der Waals surface area contributed by atoms with Crippen LogP contribution in [0.3, 0.4) is 0 Å². The highest BCUT2D eigenvalue weighted by molar-refractivity contribution is 7.18. The van der Waals surface area contributed by atoms with Gasteiger partial charge in [0.15, 0.2) is 0 Å². The molecule has 2 N–H and O–H groups in total. The molecule has 3 amide bonds. The number of amides is 3. The third-order valence-corrected chi connectivity index (χ3v) is 7.73. The molecule has 36 heavy (non-hydrogen) atoms. The Balaban J connectivity index is 1.56. The number of rotatable bonds is 4. The van der Waals surface area contributed by atoms with Gasteiger partial charge in [-0.25, -0.2) is 4.79 Å². The molecule has 10 heteroatoms. The van der Waals surface area contributed by atoms with Crippen molar-refractivity contribution in [3.8, 4) is 0 Å². The Labute approximate surface area is 220 Å². The predicted molar refractivity (Wildman–Crippen MR) is 142 cm³/mol. The number of nitrogens with one attached hydrogen (secondary N) is 2. The first-order valence-electron chi connectivity index (χ1n) is 12.1. The maximum atomic E-state index is 13.7. The van der Waals surface area contributed by atoms with Crippen LogP contribution in [0.25, 0.3) is 0 Å². The highest BCUT2D eigenvalue weighted by Gasteiger charge is 2.48. The number of carbonyl (C=O) groups excluding carboxylic acids is 3. The maximum absolute atomic E-state index is 13.7. The zero-order valence-corrected chi connectivity index (χ0v) is 22.7. The fourth-order valence-corrected chi connectivity index (χ4v) is 5.46. The zero-order chi connectivity index (χ0) is 26.1. The van der Waals surface area contributed by atoms with Crippen LogP contribution in [0.5, 0.6) is 0 Å². The zero-order valence-electron chi connectivity index (χ0n) is 21.2. The van der Waals surface area contributed by atoms with Crippen LogP contribution < -0.4 is 10.6 Å². The number of likely N-dealkylation sites (tertiary alicyclic amines) is 1. The van der Waals surface area contributed by atoms with Crippen molar-refractivity contribution in [3.63, 3.8) is 0 Å². The molecule has 4 rings (SSSR count). The lowest BCUT2D eigenvalue weighted by Gasteiger charge is -2.30. The molecule has 1 fully saturated rings. The van der Waals surface area contributed by atoms with Crippen LogP contribution in [0.2, 0.25) is 4.34 Å². The van der Waals surface area contributed by atoms with E-state index in [1.165, 1.54) is 16.0 Å². The minimum Gasteiger partial charge on any atom is -0.444 e. The first kappa shape index (κ1) is 26.4. The van der Waals surface area contributed by atoms with Gasteiger partial charge in [0.25, 0.3) is 11.8 Å². The summed E-state index contributed by atoms with van der Waals surface area (Å²) in [5.41, 5.74) is 1.19. The second kappa shape index (κ2) is 10.4. The van der Waals surface area contributed by atoms with Crippen LogP contribution in [0.1, 0.15) is 48.0 Å². The quantitative estimate of drug-likeness (QED) is 0.616. The van der Waals surface area contributed by atoms with Gasteiger partial charge in [-0.2, -0.15) is 0 Å². The second-order valence-electron chi connectivity index (χ2n) is 10.5. The Hall–Kier alpha value is -2.62. The Morgan fingerprint density at radius 2 is 1.78 bits per heavy atom. The van der Waals surface area contributed by atoms with Crippen LogP contribution in [0.4, 0.5) is 10.5 Å². The second-order valence-corrected chi connectivity index (χ2v) is 12.2. The Kier molecular flexibility index (Phi) is 7.64. The van der Waals surface area contributed by atoms with Gasteiger partial charge in [0, 0.05) is 25.3 Å². The minimum absolute atomic E-state index is 0.00826. The molecule has 1 atom stereocenters. The number of ether oxygens (including phenoxy) is 1. The fourth-order valence-electron chi connectivity index (χ4n) is 4.52. The van der Waals surface area contributed by atoms with Gasteiger partial charge in [0.05, 0.1) is 15.8 Å². The van der Waals surface area contributed by atoms with Crippen molar-refractivity contribution in [2.75, 3.05) is 38.5 Å². The van der Waals surface area contributed by atoms with Crippen molar-refractivity contribution < 1.29 is 19.1 Å². The molecular formula is C26H33ClN4O4S. The van der Waals surface area contributed by atoms with Crippen molar-refractivity contribution in [3.05, 3.63) is 50.7 Å². The van der Waals surface area contributed by atoms with E-state index in [2.05, 4.69) is 28.6 Å². The number of nitrogens with zero attached hydrogens (tertiary/aromatic N) is 2. The van der Waals surface area contributed by atoms with Gasteiger partial charge in [-0.15, -0.1) is 11.3 Å². The van der Waals surface area contributed by atoms with Crippen LogP contribution in [0, 0.1) is 0 Å². The molecule has 1 aromatic heterocycles. The lowest BCUT2D eigenvalue weighted by Crippen LogP contribution is -2.58. The molecule has 1 saturated heterocycles. The van der Waals surface area contributed by atoms with E-state index in [1.807, 2.05) is 12.1 Å². The number of hydrogen-bond donors (Lipinski definition) is 2. The van der Waals surface area contributed by atoms with E-state index in [0.29, 0.717) is 14.9 Å². The molecule has 0 saturated carbocycles. The van der Waals surface area contributed by atoms with Crippen LogP contribution in [-0.4, -0.2) is 72.1 Å². The van der Waals surface area contributed by atoms with E-state index < -0.39 is 23.1 Å². The standard InChI is InChI=1S/C26H33ClN4O4S/c1-25(2,3)35-24(34)31-14-11-26(16-31,29-22(32)20-7-8-21(27)36-20)23(33)28-19-6-5-17-9-12-30(4)13-10-18(17)15-19/h5-8,15H,9-14,16H2,1-4H3,(H,28,33)(H,29,32). The van der Waals surface area contributed by atoms with Gasteiger partial charge in [0.2, 0.25) is 0 Å². The first-order valence-corrected chi connectivity index (χ1v) is 13.3. The van der Waals surface area contributed by atoms with Gasteiger partial charge in [0.1, 0.15) is 11.1 Å². The number of benzene rings is 1. The smallest absolute Gasteiger partial charge is 0.410 e. The van der Waals surface area contributed by atoms with Gasteiger partial charge in [-0.05, 0) is 82.5 Å². The van der Waals surface area contributed by atoms with Gasteiger partial charge >= 0.3 is 6.09 Å². The summed E-state index contributed by atoms with van der Waals surface area (Å²) in [7, 11) is 2.11. The molecule has 2 aromatic rings. The number of thiophene rings is 1. The van der Waals surface area contributed by atoms with Gasteiger partial charge in [-0.3, -0.25) is 9.59 Å². The number of likely N-dealkylation sites (N-methyl/N-ethyl adjacent to an activating group) is 1. The number of carbonyl (C=O) groups is 3.